The highest BCUT2D eigenvalue weighted by Crippen LogP contribution is 2.04. The Morgan fingerprint density at radius 2 is 2.15 bits per heavy atom. The molecule has 0 bridgehead atoms. The zero-order chi connectivity index (χ0) is 9.84. The summed E-state index contributed by atoms with van der Waals surface area (Å²) in [6, 6.07) is 0. The van der Waals surface area contributed by atoms with Crippen LogP contribution in [0.15, 0.2) is 0 Å². The van der Waals surface area contributed by atoms with E-state index in [1.165, 1.54) is 0 Å². The largest absolute Gasteiger partial charge is 0.356 e. The Morgan fingerprint density at radius 3 is 2.69 bits per heavy atom. The van der Waals surface area contributed by atoms with Crippen LogP contribution in [0.4, 0.5) is 11.9 Å². The van der Waals surface area contributed by atoms with Crippen molar-refractivity contribution < 1.29 is 0 Å². The first-order chi connectivity index (χ1) is 6.13. The van der Waals surface area contributed by atoms with Crippen molar-refractivity contribution >= 4 is 24.1 Å². The Morgan fingerprint density at radius 1 is 1.46 bits per heavy atom. The lowest BCUT2D eigenvalue weighted by molar-refractivity contribution is 0.937. The lowest BCUT2D eigenvalue weighted by Gasteiger charge is -2.11. The third kappa shape index (κ3) is 2.66. The van der Waals surface area contributed by atoms with E-state index in [1.54, 1.807) is 0 Å². The van der Waals surface area contributed by atoms with E-state index in [0.717, 1.165) is 6.54 Å². The minimum Gasteiger partial charge on any atom is -0.356 e. The lowest BCUT2D eigenvalue weighted by atomic mass is 10.7. The van der Waals surface area contributed by atoms with Crippen LogP contribution >= 0.6 is 12.2 Å². The first-order valence-electron chi connectivity index (χ1n) is 4.03. The van der Waals surface area contributed by atoms with Gasteiger partial charge in [0.05, 0.1) is 0 Å². The molecule has 0 saturated heterocycles. The molecule has 0 aromatic carbocycles. The lowest BCUT2D eigenvalue weighted by Crippen LogP contribution is -2.15. The maximum atomic E-state index is 4.91. The summed E-state index contributed by atoms with van der Waals surface area (Å²) in [6.45, 7) is 2.80. The van der Waals surface area contributed by atoms with Crippen LogP contribution in [-0.4, -0.2) is 35.6 Å². The molecule has 1 aromatic heterocycles. The van der Waals surface area contributed by atoms with Gasteiger partial charge in [0.1, 0.15) is 0 Å². The van der Waals surface area contributed by atoms with E-state index in [-0.39, 0.29) is 0 Å². The SMILES string of the molecule is CCNc1nc(=S)nc(N(C)C)[nH]1. The molecule has 2 N–H and O–H groups in total. The topological polar surface area (TPSA) is 56.8 Å². The second-order valence-electron chi connectivity index (χ2n) is 2.73. The van der Waals surface area contributed by atoms with Gasteiger partial charge in [-0.1, -0.05) is 0 Å². The van der Waals surface area contributed by atoms with Gasteiger partial charge in [0.25, 0.3) is 0 Å². The minimum atomic E-state index is 0.346. The van der Waals surface area contributed by atoms with Crippen molar-refractivity contribution in [1.82, 2.24) is 15.0 Å². The molecule has 1 rings (SSSR count). The van der Waals surface area contributed by atoms with Gasteiger partial charge in [-0.15, -0.1) is 0 Å². The molecule has 6 heteroatoms. The summed E-state index contributed by atoms with van der Waals surface area (Å²) in [5.74, 6) is 1.36. The molecule has 0 saturated carbocycles. The summed E-state index contributed by atoms with van der Waals surface area (Å²) in [5.41, 5.74) is 0. The molecule has 0 atom stereocenters. The minimum absolute atomic E-state index is 0.346. The average molecular weight is 199 g/mol. The highest BCUT2D eigenvalue weighted by molar-refractivity contribution is 7.71. The predicted octanol–water partition coefficient (Wildman–Crippen LogP) is 1.03. The van der Waals surface area contributed by atoms with E-state index in [0.29, 0.717) is 16.7 Å². The van der Waals surface area contributed by atoms with Gasteiger partial charge in [-0.25, -0.2) is 0 Å². The van der Waals surface area contributed by atoms with Crippen LogP contribution in [0.5, 0.6) is 0 Å². The number of nitrogens with zero attached hydrogens (tertiary/aromatic N) is 3. The summed E-state index contributed by atoms with van der Waals surface area (Å²) in [4.78, 5) is 12.9. The molecule has 0 aliphatic heterocycles. The first-order valence-corrected chi connectivity index (χ1v) is 4.44. The molecule has 0 spiro atoms. The maximum absolute atomic E-state index is 4.91. The summed E-state index contributed by atoms with van der Waals surface area (Å²) < 4.78 is 0.346. The van der Waals surface area contributed by atoms with Crippen molar-refractivity contribution in [3.8, 4) is 0 Å². The van der Waals surface area contributed by atoms with Crippen molar-refractivity contribution in [3.05, 3.63) is 4.77 Å². The molecule has 0 radical (unpaired) electrons. The van der Waals surface area contributed by atoms with Crippen LogP contribution in [-0.2, 0) is 0 Å². The Bertz CT molecular complexity index is 332. The smallest absolute Gasteiger partial charge is 0.225 e. The number of aromatic amines is 1. The highest BCUT2D eigenvalue weighted by atomic mass is 32.1. The molecule has 1 aromatic rings. The van der Waals surface area contributed by atoms with Crippen molar-refractivity contribution in [2.45, 2.75) is 6.92 Å². The zero-order valence-electron chi connectivity index (χ0n) is 7.96. The quantitative estimate of drug-likeness (QED) is 0.712. The average Bonchev–Trinajstić information content (AvgIpc) is 2.03. The van der Waals surface area contributed by atoms with E-state index in [2.05, 4.69) is 20.3 Å². The second kappa shape index (κ2) is 4.18. The monoisotopic (exact) mass is 199 g/mol. The predicted molar refractivity (Wildman–Crippen MR) is 55.7 cm³/mol. The Balaban J connectivity index is 3.04. The zero-order valence-corrected chi connectivity index (χ0v) is 8.77. The fourth-order valence-corrected chi connectivity index (χ4v) is 1.01. The van der Waals surface area contributed by atoms with Gasteiger partial charge in [0.15, 0.2) is 0 Å². The Kier molecular flexibility index (Phi) is 3.18. The molecule has 1 heterocycles. The number of aromatic nitrogens is 3. The van der Waals surface area contributed by atoms with Crippen LogP contribution < -0.4 is 10.2 Å². The molecule has 13 heavy (non-hydrogen) atoms. The van der Waals surface area contributed by atoms with E-state index >= 15 is 0 Å². The molecular weight excluding hydrogens is 186 g/mol. The fourth-order valence-electron chi connectivity index (χ4n) is 0.836. The van der Waals surface area contributed by atoms with Crippen molar-refractivity contribution in [2.75, 3.05) is 30.9 Å². The third-order valence-electron chi connectivity index (χ3n) is 1.41. The second-order valence-corrected chi connectivity index (χ2v) is 3.09. The van der Waals surface area contributed by atoms with Crippen molar-refractivity contribution in [3.63, 3.8) is 0 Å². The van der Waals surface area contributed by atoms with Gasteiger partial charge in [-0.2, -0.15) is 9.97 Å². The Labute approximate surface area is 82.2 Å². The van der Waals surface area contributed by atoms with E-state index < -0.39 is 0 Å². The van der Waals surface area contributed by atoms with Crippen LogP contribution in [0, 0.1) is 4.77 Å². The van der Waals surface area contributed by atoms with E-state index in [9.17, 15) is 0 Å². The Hall–Kier alpha value is -1.17. The molecular formula is C7H13N5S. The molecule has 0 unspecified atom stereocenters. The number of rotatable bonds is 3. The number of nitrogens with one attached hydrogen (secondary N) is 2. The molecule has 0 amide bonds. The molecule has 0 fully saturated rings. The summed E-state index contributed by atoms with van der Waals surface area (Å²) in [5, 5.41) is 3.04. The van der Waals surface area contributed by atoms with Gasteiger partial charge >= 0.3 is 0 Å². The molecule has 72 valence electrons. The van der Waals surface area contributed by atoms with E-state index in [4.69, 9.17) is 12.2 Å². The highest BCUT2D eigenvalue weighted by Gasteiger charge is 2.00. The number of hydrogen-bond donors (Lipinski definition) is 2. The summed E-state index contributed by atoms with van der Waals surface area (Å²) in [6.07, 6.45) is 0. The summed E-state index contributed by atoms with van der Waals surface area (Å²) >= 11 is 4.91. The number of hydrogen-bond acceptors (Lipinski definition) is 5. The number of H-pyrrole nitrogens is 1. The van der Waals surface area contributed by atoms with Crippen molar-refractivity contribution in [1.29, 1.82) is 0 Å². The van der Waals surface area contributed by atoms with Gasteiger partial charge in [0.2, 0.25) is 16.7 Å². The normalized spacial score (nSPS) is 9.77. The molecule has 5 nitrogen and oxygen atoms in total. The number of anilines is 2. The first kappa shape index (κ1) is 9.91. The van der Waals surface area contributed by atoms with Crippen LogP contribution in [0.1, 0.15) is 6.92 Å². The molecule has 0 aliphatic carbocycles. The molecule has 0 aliphatic rings. The fraction of sp³-hybridized carbons (Fsp3) is 0.571. The van der Waals surface area contributed by atoms with Gasteiger partial charge in [-0.3, -0.25) is 4.98 Å². The van der Waals surface area contributed by atoms with Crippen LogP contribution in [0.25, 0.3) is 0 Å². The van der Waals surface area contributed by atoms with Gasteiger partial charge < -0.3 is 10.2 Å². The third-order valence-corrected chi connectivity index (χ3v) is 1.59. The van der Waals surface area contributed by atoms with Crippen LogP contribution in [0.2, 0.25) is 0 Å². The van der Waals surface area contributed by atoms with E-state index in [1.807, 2.05) is 25.9 Å². The van der Waals surface area contributed by atoms with Gasteiger partial charge in [-0.05, 0) is 19.1 Å². The van der Waals surface area contributed by atoms with Crippen LogP contribution in [0.3, 0.4) is 0 Å². The summed E-state index contributed by atoms with van der Waals surface area (Å²) in [7, 11) is 3.78. The maximum Gasteiger partial charge on any atom is 0.225 e. The van der Waals surface area contributed by atoms with Crippen molar-refractivity contribution in [2.24, 2.45) is 0 Å². The standard InChI is InChI=1S/C7H13N5S/c1-4-8-5-9-6(12(2)3)11-7(13)10-5/h4H2,1-3H3,(H2,8,9,10,11,13). The van der Waals surface area contributed by atoms with Gasteiger partial charge in [0, 0.05) is 20.6 Å².